The summed E-state index contributed by atoms with van der Waals surface area (Å²) < 4.78 is 29.0. The molecule has 0 fully saturated rings. The molecule has 0 unspecified atom stereocenters. The van der Waals surface area contributed by atoms with Crippen molar-refractivity contribution in [2.24, 2.45) is 0 Å². The number of amides is 1. The molecule has 28 heavy (non-hydrogen) atoms. The third-order valence-electron chi connectivity index (χ3n) is 4.20. The highest BCUT2D eigenvalue weighted by molar-refractivity contribution is 7.89. The van der Waals surface area contributed by atoms with E-state index in [0.29, 0.717) is 11.1 Å². The van der Waals surface area contributed by atoms with Gasteiger partial charge in [0.1, 0.15) is 0 Å². The molecule has 3 rings (SSSR count). The van der Waals surface area contributed by atoms with E-state index in [1.54, 1.807) is 29.9 Å². The van der Waals surface area contributed by atoms with Gasteiger partial charge < -0.3 is 5.32 Å². The van der Waals surface area contributed by atoms with Crippen LogP contribution in [0.4, 0.5) is 0 Å². The Bertz CT molecular complexity index is 1080. The lowest BCUT2D eigenvalue weighted by atomic mass is 10.2. The van der Waals surface area contributed by atoms with Crippen LogP contribution in [0.5, 0.6) is 0 Å². The standard InChI is InChI=1S/C20H22N4O3S/c1-15-8-9-16(2)19(12-15)28(26,27)23-11-10-21-20(25)17-13-22-24(14-17)18-6-4-3-5-7-18/h3-9,12-14,23H,10-11H2,1-2H3,(H,21,25). The van der Waals surface area contributed by atoms with E-state index >= 15 is 0 Å². The van der Waals surface area contributed by atoms with E-state index in [-0.39, 0.29) is 23.9 Å². The number of aromatic nitrogens is 2. The highest BCUT2D eigenvalue weighted by Crippen LogP contribution is 2.16. The van der Waals surface area contributed by atoms with E-state index in [1.807, 2.05) is 43.3 Å². The first-order valence-corrected chi connectivity index (χ1v) is 10.3. The van der Waals surface area contributed by atoms with Gasteiger partial charge in [-0.1, -0.05) is 30.3 Å². The minimum absolute atomic E-state index is 0.0915. The summed E-state index contributed by atoms with van der Waals surface area (Å²) in [7, 11) is -3.63. The van der Waals surface area contributed by atoms with Crippen LogP contribution < -0.4 is 10.0 Å². The van der Waals surface area contributed by atoms with E-state index in [1.165, 1.54) is 6.20 Å². The van der Waals surface area contributed by atoms with Crippen molar-refractivity contribution in [3.8, 4) is 5.69 Å². The van der Waals surface area contributed by atoms with Gasteiger partial charge in [-0.3, -0.25) is 4.79 Å². The summed E-state index contributed by atoms with van der Waals surface area (Å²) in [6, 6.07) is 14.7. The van der Waals surface area contributed by atoms with E-state index in [4.69, 9.17) is 0 Å². The van der Waals surface area contributed by atoms with Gasteiger partial charge in [0.15, 0.2) is 0 Å². The lowest BCUT2D eigenvalue weighted by Gasteiger charge is -2.10. The first-order chi connectivity index (χ1) is 13.4. The molecule has 0 aliphatic carbocycles. The van der Waals surface area contributed by atoms with Gasteiger partial charge in [-0.2, -0.15) is 5.10 Å². The van der Waals surface area contributed by atoms with Crippen molar-refractivity contribution in [3.05, 3.63) is 77.6 Å². The number of nitrogens with zero attached hydrogens (tertiary/aromatic N) is 2. The van der Waals surface area contributed by atoms with Crippen molar-refractivity contribution < 1.29 is 13.2 Å². The van der Waals surface area contributed by atoms with Crippen LogP contribution in [-0.4, -0.2) is 37.2 Å². The van der Waals surface area contributed by atoms with Crippen LogP contribution in [0.3, 0.4) is 0 Å². The van der Waals surface area contributed by atoms with Crippen LogP contribution in [0, 0.1) is 13.8 Å². The Hall–Kier alpha value is -2.97. The molecule has 0 aliphatic heterocycles. The third-order valence-corrected chi connectivity index (χ3v) is 5.80. The second-order valence-electron chi connectivity index (χ2n) is 6.43. The van der Waals surface area contributed by atoms with Crippen molar-refractivity contribution in [3.63, 3.8) is 0 Å². The third kappa shape index (κ3) is 4.65. The van der Waals surface area contributed by atoms with E-state index in [0.717, 1.165) is 11.3 Å². The number of sulfonamides is 1. The molecule has 2 aromatic carbocycles. The molecule has 0 spiro atoms. The highest BCUT2D eigenvalue weighted by Gasteiger charge is 2.16. The first kappa shape index (κ1) is 19.8. The number of carbonyl (C=O) groups is 1. The summed E-state index contributed by atoms with van der Waals surface area (Å²) in [5.74, 6) is -0.312. The molecule has 7 nitrogen and oxygen atoms in total. The van der Waals surface area contributed by atoms with Crippen molar-refractivity contribution >= 4 is 15.9 Å². The van der Waals surface area contributed by atoms with Crippen LogP contribution in [0.15, 0.2) is 65.8 Å². The van der Waals surface area contributed by atoms with Gasteiger partial charge in [-0.25, -0.2) is 17.8 Å². The monoisotopic (exact) mass is 398 g/mol. The molecule has 0 saturated carbocycles. The molecule has 0 bridgehead atoms. The fourth-order valence-electron chi connectivity index (χ4n) is 2.70. The number of carbonyl (C=O) groups excluding carboxylic acids is 1. The number of para-hydroxylation sites is 1. The van der Waals surface area contributed by atoms with Gasteiger partial charge >= 0.3 is 0 Å². The Balaban J connectivity index is 1.55. The van der Waals surface area contributed by atoms with Crippen molar-refractivity contribution in [1.29, 1.82) is 0 Å². The lowest BCUT2D eigenvalue weighted by Crippen LogP contribution is -2.34. The molecule has 0 saturated heterocycles. The number of hydrogen-bond acceptors (Lipinski definition) is 4. The number of hydrogen-bond donors (Lipinski definition) is 2. The highest BCUT2D eigenvalue weighted by atomic mass is 32.2. The Morgan fingerprint density at radius 3 is 2.57 bits per heavy atom. The minimum Gasteiger partial charge on any atom is -0.351 e. The van der Waals surface area contributed by atoms with Gasteiger partial charge in [-0.05, 0) is 43.2 Å². The molecule has 2 N–H and O–H groups in total. The number of nitrogens with one attached hydrogen (secondary N) is 2. The smallest absolute Gasteiger partial charge is 0.254 e. The molecule has 146 valence electrons. The average Bonchev–Trinajstić information content (AvgIpc) is 3.18. The maximum Gasteiger partial charge on any atom is 0.254 e. The van der Waals surface area contributed by atoms with Crippen molar-refractivity contribution in [2.45, 2.75) is 18.7 Å². The topological polar surface area (TPSA) is 93.1 Å². The van der Waals surface area contributed by atoms with Crippen LogP contribution in [0.2, 0.25) is 0 Å². The summed E-state index contributed by atoms with van der Waals surface area (Å²) in [5.41, 5.74) is 2.80. The molecule has 1 amide bonds. The minimum atomic E-state index is -3.63. The van der Waals surface area contributed by atoms with Crippen LogP contribution in [0.1, 0.15) is 21.5 Å². The van der Waals surface area contributed by atoms with Crippen molar-refractivity contribution in [1.82, 2.24) is 19.8 Å². The zero-order chi connectivity index (χ0) is 20.1. The number of benzene rings is 2. The summed E-state index contributed by atoms with van der Waals surface area (Å²) in [4.78, 5) is 12.5. The molecular weight excluding hydrogens is 376 g/mol. The SMILES string of the molecule is Cc1ccc(C)c(S(=O)(=O)NCCNC(=O)c2cnn(-c3ccccc3)c2)c1. The molecular formula is C20H22N4O3S. The maximum atomic E-state index is 12.4. The fraction of sp³-hybridized carbons (Fsp3) is 0.200. The van der Waals surface area contributed by atoms with Gasteiger partial charge in [0, 0.05) is 19.3 Å². The number of aryl methyl sites for hydroxylation is 2. The molecule has 0 radical (unpaired) electrons. The molecule has 3 aromatic rings. The average molecular weight is 398 g/mol. The number of rotatable bonds is 7. The van der Waals surface area contributed by atoms with Crippen LogP contribution >= 0.6 is 0 Å². The molecule has 8 heteroatoms. The summed E-state index contributed by atoms with van der Waals surface area (Å²) in [5, 5.41) is 6.87. The fourth-order valence-corrected chi connectivity index (χ4v) is 4.06. The second kappa shape index (κ2) is 8.37. The normalized spacial score (nSPS) is 11.4. The van der Waals surface area contributed by atoms with Gasteiger partial charge in [0.2, 0.25) is 10.0 Å². The van der Waals surface area contributed by atoms with E-state index in [9.17, 15) is 13.2 Å². The molecule has 0 aliphatic rings. The quantitative estimate of drug-likeness (QED) is 0.597. The predicted molar refractivity (Wildman–Crippen MR) is 107 cm³/mol. The first-order valence-electron chi connectivity index (χ1n) is 8.82. The predicted octanol–water partition coefficient (Wildman–Crippen LogP) is 2.20. The molecule has 1 heterocycles. The van der Waals surface area contributed by atoms with Crippen LogP contribution in [0.25, 0.3) is 5.69 Å². The van der Waals surface area contributed by atoms with Gasteiger partial charge in [-0.15, -0.1) is 0 Å². The Kier molecular flexibility index (Phi) is 5.91. The largest absolute Gasteiger partial charge is 0.351 e. The summed E-state index contributed by atoms with van der Waals surface area (Å²) >= 11 is 0. The lowest BCUT2D eigenvalue weighted by molar-refractivity contribution is 0.0954. The van der Waals surface area contributed by atoms with Gasteiger partial charge in [0.25, 0.3) is 5.91 Å². The van der Waals surface area contributed by atoms with Gasteiger partial charge in [0.05, 0.1) is 22.3 Å². The summed E-state index contributed by atoms with van der Waals surface area (Å²) in [6.07, 6.45) is 3.10. The molecule has 0 atom stereocenters. The Morgan fingerprint density at radius 2 is 1.82 bits per heavy atom. The Labute approximate surface area is 164 Å². The van der Waals surface area contributed by atoms with E-state index in [2.05, 4.69) is 15.1 Å². The zero-order valence-electron chi connectivity index (χ0n) is 15.7. The Morgan fingerprint density at radius 1 is 1.07 bits per heavy atom. The van der Waals surface area contributed by atoms with E-state index < -0.39 is 10.0 Å². The second-order valence-corrected chi connectivity index (χ2v) is 8.17. The maximum absolute atomic E-state index is 12.4. The molecule has 1 aromatic heterocycles. The van der Waals surface area contributed by atoms with Crippen molar-refractivity contribution in [2.75, 3.05) is 13.1 Å². The summed E-state index contributed by atoms with van der Waals surface area (Å²) in [6.45, 7) is 3.85. The zero-order valence-corrected chi connectivity index (χ0v) is 16.5. The van der Waals surface area contributed by atoms with Crippen LogP contribution in [-0.2, 0) is 10.0 Å².